The van der Waals surface area contributed by atoms with Crippen LogP contribution in [-0.4, -0.2) is 45.7 Å². The van der Waals surface area contributed by atoms with Gasteiger partial charge in [0.25, 0.3) is 5.91 Å². The van der Waals surface area contributed by atoms with Crippen molar-refractivity contribution >= 4 is 5.91 Å². The molecule has 2 aromatic heterocycles. The molecule has 6 heteroatoms. The molecular weight excluding hydrogens is 292 g/mol. The van der Waals surface area contributed by atoms with Crippen molar-refractivity contribution in [1.82, 2.24) is 19.9 Å². The predicted molar refractivity (Wildman–Crippen MR) is 88.0 cm³/mol. The molecular formula is C17H24N4O2. The number of carbonyl (C=O) groups is 1. The maximum Gasteiger partial charge on any atom is 0.256 e. The molecule has 1 aliphatic heterocycles. The van der Waals surface area contributed by atoms with Crippen molar-refractivity contribution in [2.45, 2.75) is 46.7 Å². The lowest BCUT2D eigenvalue weighted by Crippen LogP contribution is -2.57. The van der Waals surface area contributed by atoms with Crippen LogP contribution in [0.4, 0.5) is 0 Å². The maximum atomic E-state index is 13.0. The van der Waals surface area contributed by atoms with Crippen LogP contribution in [0.3, 0.4) is 0 Å². The molecule has 124 valence electrons. The minimum absolute atomic E-state index is 0.0883. The minimum atomic E-state index is 0.0883. The number of hydrogen-bond acceptors (Lipinski definition) is 4. The van der Waals surface area contributed by atoms with Crippen LogP contribution in [0.25, 0.3) is 5.82 Å². The molecule has 3 heterocycles. The maximum absolute atomic E-state index is 13.0. The summed E-state index contributed by atoms with van der Waals surface area (Å²) < 4.78 is 7.14. The topological polar surface area (TPSA) is 63.3 Å². The largest absolute Gasteiger partial charge is 0.360 e. The van der Waals surface area contributed by atoms with E-state index in [4.69, 9.17) is 4.52 Å². The zero-order valence-electron chi connectivity index (χ0n) is 14.4. The molecule has 1 N–H and O–H groups in total. The van der Waals surface area contributed by atoms with E-state index >= 15 is 0 Å². The number of rotatable bonds is 2. The SMILES string of the molecule is Cc1cc(-n2c(C)cc(C(=O)N3CCNC(C)C3C)c2C)no1. The number of hydrogen-bond donors (Lipinski definition) is 1. The predicted octanol–water partition coefficient (Wildman–Crippen LogP) is 2.21. The molecule has 1 saturated heterocycles. The summed E-state index contributed by atoms with van der Waals surface area (Å²) in [6.07, 6.45) is 0. The summed E-state index contributed by atoms with van der Waals surface area (Å²) >= 11 is 0. The van der Waals surface area contributed by atoms with Gasteiger partial charge in [-0.05, 0) is 40.7 Å². The van der Waals surface area contributed by atoms with Gasteiger partial charge in [-0.2, -0.15) is 0 Å². The lowest BCUT2D eigenvalue weighted by molar-refractivity contribution is 0.0602. The monoisotopic (exact) mass is 316 g/mol. The summed E-state index contributed by atoms with van der Waals surface area (Å²) in [6, 6.07) is 4.30. The van der Waals surface area contributed by atoms with Crippen LogP contribution in [0.1, 0.15) is 41.4 Å². The van der Waals surface area contributed by atoms with Crippen LogP contribution in [0, 0.1) is 20.8 Å². The average molecular weight is 316 g/mol. The molecule has 1 amide bonds. The van der Waals surface area contributed by atoms with Crippen molar-refractivity contribution in [2.24, 2.45) is 0 Å². The van der Waals surface area contributed by atoms with Gasteiger partial charge < -0.3 is 14.7 Å². The van der Waals surface area contributed by atoms with E-state index in [2.05, 4.69) is 24.3 Å². The number of aryl methyl sites for hydroxylation is 2. The fraction of sp³-hybridized carbons (Fsp3) is 0.529. The Morgan fingerprint density at radius 1 is 1.30 bits per heavy atom. The highest BCUT2D eigenvalue weighted by atomic mass is 16.5. The Morgan fingerprint density at radius 2 is 2.04 bits per heavy atom. The van der Waals surface area contributed by atoms with Crippen LogP contribution in [-0.2, 0) is 0 Å². The summed E-state index contributed by atoms with van der Waals surface area (Å²) in [5, 5.41) is 7.48. The van der Waals surface area contributed by atoms with Crippen LogP contribution >= 0.6 is 0 Å². The highest BCUT2D eigenvalue weighted by Crippen LogP contribution is 2.23. The molecule has 1 aliphatic rings. The Bertz CT molecular complexity index is 731. The molecule has 23 heavy (non-hydrogen) atoms. The van der Waals surface area contributed by atoms with Crippen molar-refractivity contribution in [3.05, 3.63) is 34.8 Å². The van der Waals surface area contributed by atoms with Crippen molar-refractivity contribution < 1.29 is 9.32 Å². The Balaban J connectivity index is 1.96. The second-order valence-corrected chi connectivity index (χ2v) is 6.40. The average Bonchev–Trinajstić information content (AvgIpc) is 3.04. The van der Waals surface area contributed by atoms with Gasteiger partial charge in [-0.15, -0.1) is 0 Å². The first kappa shape index (κ1) is 15.8. The summed E-state index contributed by atoms with van der Waals surface area (Å²) in [7, 11) is 0. The van der Waals surface area contributed by atoms with Gasteiger partial charge in [-0.25, -0.2) is 0 Å². The van der Waals surface area contributed by atoms with Gasteiger partial charge in [-0.3, -0.25) is 9.36 Å². The summed E-state index contributed by atoms with van der Waals surface area (Å²) in [4.78, 5) is 15.0. The molecule has 2 atom stereocenters. The second kappa shape index (κ2) is 5.85. The molecule has 2 unspecified atom stereocenters. The van der Waals surface area contributed by atoms with Gasteiger partial charge in [-0.1, -0.05) is 5.16 Å². The molecule has 1 fully saturated rings. The third-order valence-corrected chi connectivity index (χ3v) is 4.80. The van der Waals surface area contributed by atoms with Gasteiger partial charge in [0.05, 0.1) is 5.56 Å². The molecule has 3 rings (SSSR count). The zero-order valence-corrected chi connectivity index (χ0v) is 14.4. The van der Waals surface area contributed by atoms with E-state index in [9.17, 15) is 4.79 Å². The first-order valence-corrected chi connectivity index (χ1v) is 8.07. The molecule has 0 bridgehead atoms. The van der Waals surface area contributed by atoms with E-state index < -0.39 is 0 Å². The first-order chi connectivity index (χ1) is 10.9. The number of carbonyl (C=O) groups excluding carboxylic acids is 1. The number of piperazine rings is 1. The highest BCUT2D eigenvalue weighted by Gasteiger charge is 2.30. The Kier molecular flexibility index (Phi) is 4.02. The zero-order chi connectivity index (χ0) is 16.7. The van der Waals surface area contributed by atoms with E-state index in [0.717, 1.165) is 41.6 Å². The first-order valence-electron chi connectivity index (χ1n) is 8.07. The van der Waals surface area contributed by atoms with E-state index in [-0.39, 0.29) is 11.9 Å². The molecule has 2 aromatic rings. The molecule has 0 saturated carbocycles. The lowest BCUT2D eigenvalue weighted by Gasteiger charge is -2.38. The number of aromatic nitrogens is 2. The molecule has 0 spiro atoms. The van der Waals surface area contributed by atoms with Gasteiger partial charge in [0.2, 0.25) is 0 Å². The summed E-state index contributed by atoms with van der Waals surface area (Å²) in [5.74, 6) is 1.56. The summed E-state index contributed by atoms with van der Waals surface area (Å²) in [5.41, 5.74) is 2.62. The van der Waals surface area contributed by atoms with Crippen LogP contribution in [0.15, 0.2) is 16.7 Å². The van der Waals surface area contributed by atoms with Crippen molar-refractivity contribution in [3.63, 3.8) is 0 Å². The van der Waals surface area contributed by atoms with Crippen molar-refractivity contribution in [3.8, 4) is 5.82 Å². The standard InChI is InChI=1S/C17H24N4O2/c1-10-8-15(14(5)21(10)16-9-11(2)23-19-16)17(22)20-7-6-18-12(3)13(20)4/h8-9,12-13,18H,6-7H2,1-5H3. The van der Waals surface area contributed by atoms with E-state index in [1.807, 2.05) is 42.4 Å². The third kappa shape index (κ3) is 2.67. The quantitative estimate of drug-likeness (QED) is 0.923. The third-order valence-electron chi connectivity index (χ3n) is 4.80. The van der Waals surface area contributed by atoms with Crippen LogP contribution in [0.5, 0.6) is 0 Å². The van der Waals surface area contributed by atoms with Gasteiger partial charge in [0.1, 0.15) is 5.76 Å². The molecule has 0 aliphatic carbocycles. The number of amides is 1. The van der Waals surface area contributed by atoms with Gasteiger partial charge >= 0.3 is 0 Å². The number of nitrogens with one attached hydrogen (secondary N) is 1. The number of nitrogens with zero attached hydrogens (tertiary/aromatic N) is 3. The van der Waals surface area contributed by atoms with E-state index in [1.165, 1.54) is 0 Å². The van der Waals surface area contributed by atoms with Crippen molar-refractivity contribution in [2.75, 3.05) is 13.1 Å². The Morgan fingerprint density at radius 3 is 2.70 bits per heavy atom. The summed E-state index contributed by atoms with van der Waals surface area (Å²) in [6.45, 7) is 11.6. The Labute approximate surface area is 136 Å². The fourth-order valence-corrected chi connectivity index (χ4v) is 3.29. The lowest BCUT2D eigenvalue weighted by atomic mass is 10.1. The normalized spacial score (nSPS) is 21.7. The van der Waals surface area contributed by atoms with Gasteiger partial charge in [0.15, 0.2) is 5.82 Å². The van der Waals surface area contributed by atoms with Crippen LogP contribution < -0.4 is 5.32 Å². The van der Waals surface area contributed by atoms with E-state index in [1.54, 1.807) is 0 Å². The smallest absolute Gasteiger partial charge is 0.256 e. The molecule has 6 nitrogen and oxygen atoms in total. The van der Waals surface area contributed by atoms with Crippen LogP contribution in [0.2, 0.25) is 0 Å². The Hall–Kier alpha value is -2.08. The van der Waals surface area contributed by atoms with Gasteiger partial charge in [0, 0.05) is 42.6 Å². The molecule has 0 aromatic carbocycles. The van der Waals surface area contributed by atoms with Crippen molar-refractivity contribution in [1.29, 1.82) is 0 Å². The van der Waals surface area contributed by atoms with E-state index in [0.29, 0.717) is 6.04 Å². The fourth-order valence-electron chi connectivity index (χ4n) is 3.29. The molecule has 0 radical (unpaired) electrons. The minimum Gasteiger partial charge on any atom is -0.360 e. The second-order valence-electron chi connectivity index (χ2n) is 6.40. The highest BCUT2D eigenvalue weighted by molar-refractivity contribution is 5.96.